The quantitative estimate of drug-likeness (QED) is 0.678. The van der Waals surface area contributed by atoms with Gasteiger partial charge in [0.05, 0.1) is 18.3 Å². The molecular formula is C14H15FN4O7. The van der Waals surface area contributed by atoms with Crippen molar-refractivity contribution in [3.63, 3.8) is 0 Å². The van der Waals surface area contributed by atoms with E-state index < -0.39 is 35.8 Å². The number of carbonyl (C=O) groups is 3. The van der Waals surface area contributed by atoms with Crippen molar-refractivity contribution in [2.24, 2.45) is 0 Å². The van der Waals surface area contributed by atoms with Crippen molar-refractivity contribution in [3.05, 3.63) is 45.1 Å². The van der Waals surface area contributed by atoms with Crippen LogP contribution in [0.2, 0.25) is 0 Å². The summed E-state index contributed by atoms with van der Waals surface area (Å²) in [5, 5.41) is 2.93. The Kier molecular flexibility index (Phi) is 5.88. The third-order valence-electron chi connectivity index (χ3n) is 3.23. The normalized spacial score (nSPS) is 13.7. The molecule has 0 saturated carbocycles. The number of hydrogen-bond acceptors (Lipinski definition) is 7. The van der Waals surface area contributed by atoms with Crippen LogP contribution >= 0.6 is 0 Å². The van der Waals surface area contributed by atoms with Crippen LogP contribution < -0.4 is 16.6 Å². The first-order valence-corrected chi connectivity index (χ1v) is 7.39. The van der Waals surface area contributed by atoms with Crippen LogP contribution in [0.25, 0.3) is 0 Å². The highest BCUT2D eigenvalue weighted by atomic mass is 19.1. The molecule has 12 heteroatoms. The molecule has 11 nitrogen and oxygen atoms in total. The smallest absolute Gasteiger partial charge is 0.408 e. The molecule has 1 aromatic heterocycles. The van der Waals surface area contributed by atoms with E-state index in [0.717, 1.165) is 5.06 Å². The fourth-order valence-electron chi connectivity index (χ4n) is 1.92. The molecule has 2 amide bonds. The third kappa shape index (κ3) is 4.78. The van der Waals surface area contributed by atoms with Crippen LogP contribution in [0.1, 0.15) is 19.3 Å². The number of aromatic nitrogens is 2. The van der Waals surface area contributed by atoms with E-state index in [-0.39, 0.29) is 25.4 Å². The van der Waals surface area contributed by atoms with Crippen molar-refractivity contribution in [3.8, 4) is 0 Å². The maximum absolute atomic E-state index is 13.1. The fourth-order valence-corrected chi connectivity index (χ4v) is 1.92. The Morgan fingerprint density at radius 3 is 2.69 bits per heavy atom. The second-order valence-corrected chi connectivity index (χ2v) is 5.14. The zero-order chi connectivity index (χ0) is 19.3. The van der Waals surface area contributed by atoms with Crippen molar-refractivity contribution >= 4 is 18.0 Å². The fraction of sp³-hybridized carbons (Fsp3) is 0.357. The van der Waals surface area contributed by atoms with Gasteiger partial charge in [-0.2, -0.15) is 4.39 Å². The number of H-pyrrole nitrogens is 1. The maximum atomic E-state index is 13.1. The lowest BCUT2D eigenvalue weighted by molar-refractivity contribution is -0.187. The molecule has 0 radical (unpaired) electrons. The summed E-state index contributed by atoms with van der Waals surface area (Å²) >= 11 is 0. The van der Waals surface area contributed by atoms with Crippen LogP contribution in [0, 0.1) is 5.82 Å². The summed E-state index contributed by atoms with van der Waals surface area (Å²) in [5.41, 5.74) is -1.73. The number of carbonyl (C=O) groups excluding carboxylic acids is 3. The summed E-state index contributed by atoms with van der Waals surface area (Å²) in [4.78, 5) is 63.2. The Labute approximate surface area is 144 Å². The molecule has 1 aliphatic rings. The van der Waals surface area contributed by atoms with E-state index in [1.54, 1.807) is 4.98 Å². The zero-order valence-corrected chi connectivity index (χ0v) is 13.5. The summed E-state index contributed by atoms with van der Waals surface area (Å²) in [6.45, 7) is 2.76. The maximum Gasteiger partial charge on any atom is 0.408 e. The van der Waals surface area contributed by atoms with Gasteiger partial charge in [-0.15, -0.1) is 5.06 Å². The van der Waals surface area contributed by atoms with Gasteiger partial charge in [0.25, 0.3) is 11.5 Å². The second-order valence-electron chi connectivity index (χ2n) is 5.14. The van der Waals surface area contributed by atoms with Crippen LogP contribution in [0.3, 0.4) is 0 Å². The Hall–Kier alpha value is -3.44. The number of amides is 2. The molecule has 2 rings (SSSR count). The summed E-state index contributed by atoms with van der Waals surface area (Å²) < 4.78 is 18.5. The molecule has 1 aromatic rings. The number of alkyl carbamates (subject to hydrolysis) is 1. The highest BCUT2D eigenvalue weighted by Gasteiger charge is 2.28. The number of nitrogens with zero attached hydrogens (tertiary/aromatic N) is 2. The molecule has 1 saturated heterocycles. The number of hydrogen-bond donors (Lipinski definition) is 2. The van der Waals surface area contributed by atoms with Gasteiger partial charge in [0, 0.05) is 6.42 Å². The van der Waals surface area contributed by atoms with Crippen molar-refractivity contribution in [1.82, 2.24) is 19.9 Å². The number of nitrogens with one attached hydrogen (secondary N) is 2. The first-order chi connectivity index (χ1) is 12.3. The highest BCUT2D eigenvalue weighted by molar-refractivity contribution is 5.82. The molecule has 140 valence electrons. The number of hydroxylamine groups is 2. The van der Waals surface area contributed by atoms with Gasteiger partial charge in [-0.25, -0.2) is 14.4 Å². The number of aromatic amines is 1. The van der Waals surface area contributed by atoms with Crippen molar-refractivity contribution < 1.29 is 28.3 Å². The molecule has 26 heavy (non-hydrogen) atoms. The number of ether oxygens (including phenoxy) is 1. The molecule has 0 aromatic carbocycles. The highest BCUT2D eigenvalue weighted by Crippen LogP contribution is 2.20. The monoisotopic (exact) mass is 370 g/mol. The lowest BCUT2D eigenvalue weighted by Crippen LogP contribution is -2.37. The largest absolute Gasteiger partial charge is 0.449 e. The zero-order valence-electron chi connectivity index (χ0n) is 13.5. The molecule has 0 bridgehead atoms. The van der Waals surface area contributed by atoms with E-state index in [2.05, 4.69) is 16.6 Å². The van der Waals surface area contributed by atoms with Crippen LogP contribution in [-0.2, 0) is 25.8 Å². The van der Waals surface area contributed by atoms with E-state index in [9.17, 15) is 28.4 Å². The Balaban J connectivity index is 1.72. The SMILES string of the molecule is C=C1CCC(=O)N1OC(=O)CCOC(=O)NCn1cc(F)c(=O)[nH]c1=O. The van der Waals surface area contributed by atoms with E-state index in [4.69, 9.17) is 4.84 Å². The molecule has 1 fully saturated rings. The lowest BCUT2D eigenvalue weighted by atomic mass is 10.3. The van der Waals surface area contributed by atoms with Crippen LogP contribution in [-0.4, -0.2) is 39.2 Å². The average Bonchev–Trinajstić information content (AvgIpc) is 2.89. The summed E-state index contributed by atoms with van der Waals surface area (Å²) in [5.74, 6) is -2.38. The van der Waals surface area contributed by atoms with Gasteiger partial charge >= 0.3 is 17.8 Å². The van der Waals surface area contributed by atoms with E-state index in [1.807, 2.05) is 0 Å². The Morgan fingerprint density at radius 2 is 2.04 bits per heavy atom. The molecule has 0 atom stereocenters. The van der Waals surface area contributed by atoms with Gasteiger partial charge in [-0.3, -0.25) is 19.1 Å². The predicted molar refractivity (Wildman–Crippen MR) is 81.7 cm³/mol. The summed E-state index contributed by atoms with van der Waals surface area (Å²) in [7, 11) is 0. The van der Waals surface area contributed by atoms with Gasteiger partial charge < -0.3 is 14.9 Å². The van der Waals surface area contributed by atoms with Gasteiger partial charge in [0.1, 0.15) is 13.3 Å². The predicted octanol–water partition coefficient (Wildman–Crippen LogP) is -0.656. The first kappa shape index (κ1) is 18.9. The summed E-state index contributed by atoms with van der Waals surface area (Å²) in [6.07, 6.45) is -0.0833. The second kappa shape index (κ2) is 8.09. The number of halogens is 1. The summed E-state index contributed by atoms with van der Waals surface area (Å²) in [6, 6.07) is 0. The molecule has 1 aliphatic heterocycles. The number of allylic oxidation sites excluding steroid dienone is 1. The van der Waals surface area contributed by atoms with E-state index in [1.165, 1.54) is 0 Å². The molecule has 2 heterocycles. The molecule has 2 N–H and O–H groups in total. The van der Waals surface area contributed by atoms with Gasteiger partial charge in [-0.1, -0.05) is 6.58 Å². The molecule has 0 unspecified atom stereocenters. The van der Waals surface area contributed by atoms with Gasteiger partial charge in [0.2, 0.25) is 5.82 Å². The van der Waals surface area contributed by atoms with Crippen LogP contribution in [0.5, 0.6) is 0 Å². The van der Waals surface area contributed by atoms with Crippen molar-refractivity contribution in [2.75, 3.05) is 6.61 Å². The number of rotatable bonds is 6. The Morgan fingerprint density at radius 1 is 1.31 bits per heavy atom. The van der Waals surface area contributed by atoms with E-state index in [0.29, 0.717) is 22.9 Å². The molecule has 0 aliphatic carbocycles. The van der Waals surface area contributed by atoms with Gasteiger partial charge in [-0.05, 0) is 6.42 Å². The Bertz CT molecular complexity index is 844. The van der Waals surface area contributed by atoms with Crippen LogP contribution in [0.15, 0.2) is 28.1 Å². The van der Waals surface area contributed by atoms with Crippen molar-refractivity contribution in [1.29, 1.82) is 0 Å². The van der Waals surface area contributed by atoms with Crippen molar-refractivity contribution in [2.45, 2.75) is 25.9 Å². The first-order valence-electron chi connectivity index (χ1n) is 7.39. The molecular weight excluding hydrogens is 355 g/mol. The van der Waals surface area contributed by atoms with E-state index >= 15 is 0 Å². The minimum absolute atomic E-state index is 0.204. The minimum Gasteiger partial charge on any atom is -0.449 e. The third-order valence-corrected chi connectivity index (χ3v) is 3.23. The minimum atomic E-state index is -1.19. The van der Waals surface area contributed by atoms with Gasteiger partial charge in [0.15, 0.2) is 0 Å². The topological polar surface area (TPSA) is 140 Å². The molecule has 0 spiro atoms. The lowest BCUT2D eigenvalue weighted by Gasteiger charge is -2.15. The van der Waals surface area contributed by atoms with Crippen LogP contribution in [0.4, 0.5) is 9.18 Å². The average molecular weight is 370 g/mol. The standard InChI is InChI=1S/C14H15FN4O7/c1-8-2-3-10(20)19(8)26-11(21)4-5-25-14(24)16-7-18-6-9(15)12(22)17-13(18)23/h6H,1-5,7H2,(H,16,24)(H,17,22,23).